The van der Waals surface area contributed by atoms with Gasteiger partial charge in [0.15, 0.2) is 0 Å². The molecule has 1 radical (unpaired) electrons. The summed E-state index contributed by atoms with van der Waals surface area (Å²) in [5, 5.41) is 8.98. The van der Waals surface area contributed by atoms with E-state index in [9.17, 15) is 14.4 Å². The Balaban J connectivity index is 4.06. The van der Waals surface area contributed by atoms with Crippen LogP contribution in [-0.4, -0.2) is 53.3 Å². The van der Waals surface area contributed by atoms with E-state index in [0.29, 0.717) is 18.6 Å². The summed E-state index contributed by atoms with van der Waals surface area (Å²) < 4.78 is 11.1. The highest BCUT2D eigenvalue weighted by Crippen LogP contribution is 2.16. The van der Waals surface area contributed by atoms with Gasteiger partial charge in [-0.25, -0.2) is 5.73 Å². The molecule has 0 aromatic heterocycles. The van der Waals surface area contributed by atoms with Crippen molar-refractivity contribution in [1.29, 1.82) is 0 Å². The van der Waals surface area contributed by atoms with Gasteiger partial charge in [0.25, 0.3) is 0 Å². The molecule has 0 amide bonds. The molecular weight excluding hydrogens is 598 g/mol. The Hall–Kier alpha value is -1.28. The van der Waals surface area contributed by atoms with Crippen molar-refractivity contribution in [3.8, 4) is 0 Å². The summed E-state index contributed by atoms with van der Waals surface area (Å²) in [6, 6.07) is -1.23. The van der Waals surface area contributed by atoms with Crippen LogP contribution in [0, 0.1) is 0 Å². The topological polar surface area (TPSA) is 114 Å². The van der Waals surface area contributed by atoms with E-state index in [1.807, 2.05) is 0 Å². The lowest BCUT2D eigenvalue weighted by atomic mass is 10.0. The average Bonchev–Trinajstić information content (AvgIpc) is 3.04. The summed E-state index contributed by atoms with van der Waals surface area (Å²) >= 11 is 1.24. The fraction of sp³-hybridized carbons (Fsp3) is 0.921. The normalized spacial score (nSPS) is 12.6. The summed E-state index contributed by atoms with van der Waals surface area (Å²) in [6.45, 7) is 4.48. The number of unbranched alkanes of at least 4 members (excludes halogenated alkanes) is 24. The second kappa shape index (κ2) is 35.0. The van der Waals surface area contributed by atoms with E-state index in [4.69, 9.17) is 20.3 Å². The molecule has 0 aliphatic rings. The van der Waals surface area contributed by atoms with Gasteiger partial charge in [0.1, 0.15) is 18.8 Å². The van der Waals surface area contributed by atoms with Gasteiger partial charge >= 0.3 is 17.9 Å². The summed E-state index contributed by atoms with van der Waals surface area (Å²) in [5.41, 5.74) is 7.59. The molecule has 46 heavy (non-hydrogen) atoms. The van der Waals surface area contributed by atoms with E-state index in [1.54, 1.807) is 0 Å². The zero-order valence-electron chi connectivity index (χ0n) is 30.0. The van der Waals surface area contributed by atoms with Crippen molar-refractivity contribution < 1.29 is 29.0 Å². The first-order valence-electron chi connectivity index (χ1n) is 19.3. The number of rotatable bonds is 36. The monoisotopic (exact) mass is 671 g/mol. The first-order valence-corrected chi connectivity index (χ1v) is 20.4. The van der Waals surface area contributed by atoms with Crippen molar-refractivity contribution in [3.63, 3.8) is 0 Å². The molecule has 0 aromatic carbocycles. The molecule has 0 aromatic rings. The number of nitrogens with one attached hydrogen (secondary N) is 1. The fourth-order valence-corrected chi connectivity index (χ4v) is 6.52. The maximum Gasteiger partial charge on any atom is 0.322 e. The van der Waals surface area contributed by atoms with Gasteiger partial charge in [0.05, 0.1) is 0 Å². The second-order valence-corrected chi connectivity index (χ2v) is 14.3. The number of aliphatic carboxylic acids is 1. The number of carboxylic acids is 1. The zero-order valence-corrected chi connectivity index (χ0v) is 30.8. The van der Waals surface area contributed by atoms with Crippen LogP contribution < -0.4 is 5.73 Å². The molecule has 0 rings (SSSR count). The van der Waals surface area contributed by atoms with Crippen molar-refractivity contribution in [3.05, 3.63) is 0 Å². The Bertz CT molecular complexity index is 707. The summed E-state index contributed by atoms with van der Waals surface area (Å²) in [7, 11) is 0. The number of carboxylic acid groups (broad SMARTS) is 1. The number of hydrogen-bond donors (Lipinski definition) is 1. The first-order chi connectivity index (χ1) is 22.4. The maximum atomic E-state index is 12.5. The van der Waals surface area contributed by atoms with E-state index < -0.39 is 18.1 Å². The predicted octanol–water partition coefficient (Wildman–Crippen LogP) is 10.9. The van der Waals surface area contributed by atoms with Gasteiger partial charge in [0, 0.05) is 24.3 Å². The molecule has 0 fully saturated rings. The van der Waals surface area contributed by atoms with Gasteiger partial charge in [0.2, 0.25) is 0 Å². The van der Waals surface area contributed by atoms with Crippen LogP contribution in [0.2, 0.25) is 0 Å². The molecule has 271 valence electrons. The number of carbonyl (C=O) groups excluding carboxylic acids is 2. The lowest BCUT2D eigenvalue weighted by Gasteiger charge is -2.18. The van der Waals surface area contributed by atoms with E-state index in [1.165, 1.54) is 140 Å². The van der Waals surface area contributed by atoms with Gasteiger partial charge < -0.3 is 14.6 Å². The maximum absolute atomic E-state index is 12.5. The van der Waals surface area contributed by atoms with E-state index in [-0.39, 0.29) is 24.3 Å². The Morgan fingerprint density at radius 3 is 1.26 bits per heavy atom. The Labute approximate surface area is 287 Å². The molecule has 7 nitrogen and oxygen atoms in total. The summed E-state index contributed by atoms with van der Waals surface area (Å²) in [6.07, 6.45) is 32.4. The largest absolute Gasteiger partial charge is 0.480 e. The number of thioether (sulfide) groups is 1. The molecule has 0 heterocycles. The van der Waals surface area contributed by atoms with Crippen molar-refractivity contribution >= 4 is 29.7 Å². The minimum Gasteiger partial charge on any atom is -0.480 e. The van der Waals surface area contributed by atoms with Gasteiger partial charge in [-0.1, -0.05) is 168 Å². The predicted molar refractivity (Wildman–Crippen MR) is 193 cm³/mol. The third kappa shape index (κ3) is 32.7. The standard InChI is InChI=1S/C38H72NO6S/c1-3-5-7-9-11-13-15-17-19-21-23-25-27-29-36(40)44-31-34(32-46-33-35(39)38(42)43)45-37(41)30-28-26-24-22-20-18-16-14-12-10-8-6-4-2/h34-35,39H,3-33H2,1-2H3,(H,42,43). The SMILES string of the molecule is CCCCCCCCCCCCCCCC(=O)OCC(CSCC([NH])C(=O)O)OC(=O)CCCCCCCCCCCCCCC. The van der Waals surface area contributed by atoms with E-state index in [2.05, 4.69) is 13.8 Å². The molecule has 0 bridgehead atoms. The molecule has 2 N–H and O–H groups in total. The Morgan fingerprint density at radius 2 is 0.891 bits per heavy atom. The number of ether oxygens (including phenoxy) is 2. The van der Waals surface area contributed by atoms with Crippen LogP contribution in [-0.2, 0) is 23.9 Å². The first kappa shape index (κ1) is 44.7. The highest BCUT2D eigenvalue weighted by Gasteiger charge is 2.19. The smallest absolute Gasteiger partial charge is 0.322 e. The van der Waals surface area contributed by atoms with Crippen LogP contribution >= 0.6 is 11.8 Å². The average molecular weight is 671 g/mol. The van der Waals surface area contributed by atoms with E-state index in [0.717, 1.165) is 38.5 Å². The lowest BCUT2D eigenvalue weighted by Crippen LogP contribution is -2.29. The lowest BCUT2D eigenvalue weighted by molar-refractivity contribution is -0.157. The van der Waals surface area contributed by atoms with Crippen LogP contribution in [0.4, 0.5) is 0 Å². The third-order valence-electron chi connectivity index (χ3n) is 8.58. The Morgan fingerprint density at radius 1 is 0.543 bits per heavy atom. The quantitative estimate of drug-likeness (QED) is 0.0521. The van der Waals surface area contributed by atoms with Crippen molar-refractivity contribution in [2.24, 2.45) is 0 Å². The van der Waals surface area contributed by atoms with Crippen molar-refractivity contribution in [2.75, 3.05) is 18.1 Å². The second-order valence-electron chi connectivity index (χ2n) is 13.2. The van der Waals surface area contributed by atoms with E-state index >= 15 is 0 Å². The van der Waals surface area contributed by atoms with Crippen LogP contribution in [0.5, 0.6) is 0 Å². The van der Waals surface area contributed by atoms with Gasteiger partial charge in [-0.3, -0.25) is 14.4 Å². The fourth-order valence-electron chi connectivity index (χ4n) is 5.58. The minimum atomic E-state index is -1.23. The zero-order chi connectivity index (χ0) is 33.9. The van der Waals surface area contributed by atoms with Crippen LogP contribution in [0.15, 0.2) is 0 Å². The molecule has 0 saturated carbocycles. The molecule has 0 spiro atoms. The van der Waals surface area contributed by atoms with Crippen molar-refractivity contribution in [2.45, 2.75) is 206 Å². The third-order valence-corrected chi connectivity index (χ3v) is 9.76. The van der Waals surface area contributed by atoms with Crippen LogP contribution in [0.25, 0.3) is 0 Å². The number of hydrogen-bond acceptors (Lipinski definition) is 6. The molecule has 0 saturated heterocycles. The summed E-state index contributed by atoms with van der Waals surface area (Å²) in [5.74, 6) is -1.36. The number of carbonyl (C=O) groups is 3. The van der Waals surface area contributed by atoms with Crippen molar-refractivity contribution in [1.82, 2.24) is 5.73 Å². The molecule has 2 unspecified atom stereocenters. The Kier molecular flexibility index (Phi) is 34.1. The summed E-state index contributed by atoms with van der Waals surface area (Å²) in [4.78, 5) is 35.8. The van der Waals surface area contributed by atoms with Gasteiger partial charge in [-0.05, 0) is 12.8 Å². The highest BCUT2D eigenvalue weighted by atomic mass is 32.2. The molecule has 0 aliphatic heterocycles. The molecule has 2 atom stereocenters. The molecular formula is C38H72NO6S. The minimum absolute atomic E-state index is 0.0235. The highest BCUT2D eigenvalue weighted by molar-refractivity contribution is 7.99. The molecule has 0 aliphatic carbocycles. The van der Waals surface area contributed by atoms with Gasteiger partial charge in [-0.2, -0.15) is 11.8 Å². The number of esters is 2. The van der Waals surface area contributed by atoms with Crippen LogP contribution in [0.3, 0.4) is 0 Å². The van der Waals surface area contributed by atoms with Crippen LogP contribution in [0.1, 0.15) is 194 Å². The molecule has 8 heteroatoms. The van der Waals surface area contributed by atoms with Gasteiger partial charge in [-0.15, -0.1) is 0 Å².